The number of rotatable bonds is 3. The van der Waals surface area contributed by atoms with Gasteiger partial charge in [0, 0.05) is 19.0 Å². The molecule has 0 saturated carbocycles. The molecule has 1 saturated heterocycles. The molecule has 1 aliphatic rings. The van der Waals surface area contributed by atoms with Gasteiger partial charge in [0.1, 0.15) is 0 Å². The maximum atomic E-state index is 12.7. The Hall–Kier alpha value is -1.42. The van der Waals surface area contributed by atoms with E-state index in [9.17, 15) is 9.59 Å². The fourth-order valence-corrected chi connectivity index (χ4v) is 3.64. The van der Waals surface area contributed by atoms with Crippen LogP contribution in [0.1, 0.15) is 55.2 Å². The van der Waals surface area contributed by atoms with Crippen molar-refractivity contribution < 1.29 is 4.79 Å². The maximum Gasteiger partial charge on any atom is 0.254 e. The molecule has 2 heterocycles. The summed E-state index contributed by atoms with van der Waals surface area (Å²) < 4.78 is 1.78. The van der Waals surface area contributed by atoms with E-state index in [-0.39, 0.29) is 16.9 Å². The lowest BCUT2D eigenvalue weighted by Crippen LogP contribution is -2.53. The van der Waals surface area contributed by atoms with E-state index in [1.165, 1.54) is 0 Å². The zero-order chi connectivity index (χ0) is 15.8. The molecule has 21 heavy (non-hydrogen) atoms. The molecule has 1 fully saturated rings. The number of hydrogen-bond acceptors (Lipinski definition) is 3. The lowest BCUT2D eigenvalue weighted by molar-refractivity contribution is 0.0922. The van der Waals surface area contributed by atoms with Gasteiger partial charge >= 0.3 is 0 Å². The highest BCUT2D eigenvalue weighted by atomic mass is 16.1. The molecule has 0 aromatic carbocycles. The van der Waals surface area contributed by atoms with Gasteiger partial charge in [-0.2, -0.15) is 0 Å². The number of aromatic nitrogens is 1. The van der Waals surface area contributed by atoms with Crippen molar-refractivity contribution in [1.82, 2.24) is 9.47 Å². The van der Waals surface area contributed by atoms with E-state index in [1.807, 2.05) is 19.9 Å². The molecular formula is C17H26N2O2. The van der Waals surface area contributed by atoms with Crippen LogP contribution in [0.3, 0.4) is 0 Å². The fraction of sp³-hybridized carbons (Fsp3) is 0.647. The number of piperidine rings is 1. The summed E-state index contributed by atoms with van der Waals surface area (Å²) in [6.45, 7) is 12.4. The van der Waals surface area contributed by atoms with Crippen molar-refractivity contribution in [3.05, 3.63) is 33.2 Å². The number of carbonyl (C=O) groups excluding carboxylic acids is 1. The first-order valence-corrected chi connectivity index (χ1v) is 7.77. The van der Waals surface area contributed by atoms with Gasteiger partial charge in [0.2, 0.25) is 0 Å². The fourth-order valence-electron chi connectivity index (χ4n) is 3.64. The van der Waals surface area contributed by atoms with Crippen molar-refractivity contribution in [2.24, 2.45) is 0 Å². The van der Waals surface area contributed by atoms with Crippen LogP contribution in [0.5, 0.6) is 0 Å². The smallest absolute Gasteiger partial charge is 0.254 e. The monoisotopic (exact) mass is 290 g/mol. The molecule has 1 unspecified atom stereocenters. The van der Waals surface area contributed by atoms with Crippen molar-refractivity contribution >= 4 is 5.78 Å². The molecule has 0 amide bonds. The molecule has 4 heteroatoms. The van der Waals surface area contributed by atoms with Crippen LogP contribution < -0.4 is 5.56 Å². The van der Waals surface area contributed by atoms with Crippen LogP contribution in [0.2, 0.25) is 0 Å². The molecule has 1 aromatic heterocycles. The summed E-state index contributed by atoms with van der Waals surface area (Å²) in [7, 11) is 0. The van der Waals surface area contributed by atoms with Crippen LogP contribution in [0.4, 0.5) is 0 Å². The third kappa shape index (κ3) is 2.82. The Balaban J connectivity index is 2.66. The molecule has 1 aliphatic heterocycles. The Bertz CT molecular complexity index is 618. The molecule has 2 rings (SSSR count). The molecule has 116 valence electrons. The number of Topliss-reactive ketones (excluding diaryl/α,β-unsaturated/α-hetero) is 1. The van der Waals surface area contributed by atoms with Crippen molar-refractivity contribution in [2.45, 2.75) is 53.0 Å². The van der Waals surface area contributed by atoms with Gasteiger partial charge in [0.15, 0.2) is 5.78 Å². The van der Waals surface area contributed by atoms with Crippen molar-refractivity contribution in [2.75, 3.05) is 19.6 Å². The van der Waals surface area contributed by atoms with Gasteiger partial charge in [0.05, 0.1) is 11.2 Å². The Morgan fingerprint density at radius 3 is 2.57 bits per heavy atom. The minimum atomic E-state index is -0.302. The summed E-state index contributed by atoms with van der Waals surface area (Å²) in [5, 5.41) is 0. The molecule has 0 bridgehead atoms. The first kappa shape index (κ1) is 16.0. The zero-order valence-electron chi connectivity index (χ0n) is 13.8. The molecular weight excluding hydrogens is 264 g/mol. The highest BCUT2D eigenvalue weighted by Crippen LogP contribution is 2.29. The number of carbonyl (C=O) groups is 1. The van der Waals surface area contributed by atoms with Gasteiger partial charge < -0.3 is 4.90 Å². The minimum Gasteiger partial charge on any atom is -0.301 e. The lowest BCUT2D eigenvalue weighted by atomic mass is 9.89. The molecule has 0 N–H and O–H groups in total. The SMILES string of the molecule is CCN1CCCC(C)(n2c(C(C)=O)c(C)cc(C)c2=O)C1. The third-order valence-corrected chi connectivity index (χ3v) is 4.65. The van der Waals surface area contributed by atoms with Crippen LogP contribution in [0, 0.1) is 13.8 Å². The molecule has 4 nitrogen and oxygen atoms in total. The number of pyridine rings is 1. The van der Waals surface area contributed by atoms with Crippen LogP contribution >= 0.6 is 0 Å². The van der Waals surface area contributed by atoms with Gasteiger partial charge in [-0.3, -0.25) is 14.2 Å². The van der Waals surface area contributed by atoms with E-state index in [4.69, 9.17) is 0 Å². The summed E-state index contributed by atoms with van der Waals surface area (Å²) in [4.78, 5) is 27.2. The number of aryl methyl sites for hydroxylation is 2. The van der Waals surface area contributed by atoms with Gasteiger partial charge in [-0.1, -0.05) is 6.92 Å². The number of likely N-dealkylation sites (tertiary alicyclic amines) is 1. The number of nitrogens with zero attached hydrogens (tertiary/aromatic N) is 2. The van der Waals surface area contributed by atoms with E-state index < -0.39 is 0 Å². The number of likely N-dealkylation sites (N-methyl/N-ethyl adjacent to an activating group) is 1. The Kier molecular flexibility index (Phi) is 4.38. The topological polar surface area (TPSA) is 42.3 Å². The van der Waals surface area contributed by atoms with Gasteiger partial charge in [-0.05, 0) is 58.3 Å². The summed E-state index contributed by atoms with van der Waals surface area (Å²) in [5.41, 5.74) is 1.86. The van der Waals surface area contributed by atoms with E-state index in [2.05, 4.69) is 18.7 Å². The summed E-state index contributed by atoms with van der Waals surface area (Å²) >= 11 is 0. The molecule has 0 spiro atoms. The Morgan fingerprint density at radius 1 is 1.33 bits per heavy atom. The van der Waals surface area contributed by atoms with E-state index in [0.29, 0.717) is 11.3 Å². The first-order chi connectivity index (χ1) is 9.80. The minimum absolute atomic E-state index is 0.0220. The quantitative estimate of drug-likeness (QED) is 0.803. The van der Waals surface area contributed by atoms with Gasteiger partial charge in [-0.25, -0.2) is 0 Å². The predicted molar refractivity (Wildman–Crippen MR) is 85.2 cm³/mol. The zero-order valence-corrected chi connectivity index (χ0v) is 13.8. The van der Waals surface area contributed by atoms with Crippen LogP contribution in [0.25, 0.3) is 0 Å². The summed E-state index contributed by atoms with van der Waals surface area (Å²) in [5.74, 6) is -0.0283. The van der Waals surface area contributed by atoms with Crippen molar-refractivity contribution in [3.8, 4) is 0 Å². The first-order valence-electron chi connectivity index (χ1n) is 7.77. The number of ketones is 1. The van der Waals surface area contributed by atoms with Gasteiger partial charge in [-0.15, -0.1) is 0 Å². The number of hydrogen-bond donors (Lipinski definition) is 0. The molecule has 1 aromatic rings. The summed E-state index contributed by atoms with van der Waals surface area (Å²) in [6.07, 6.45) is 1.99. The third-order valence-electron chi connectivity index (χ3n) is 4.65. The van der Waals surface area contributed by atoms with Crippen LogP contribution in [0.15, 0.2) is 10.9 Å². The van der Waals surface area contributed by atoms with Crippen molar-refractivity contribution in [1.29, 1.82) is 0 Å². The summed E-state index contributed by atoms with van der Waals surface area (Å²) in [6, 6.07) is 1.83. The second-order valence-corrected chi connectivity index (χ2v) is 6.52. The molecule has 1 atom stereocenters. The average molecular weight is 290 g/mol. The van der Waals surface area contributed by atoms with Crippen molar-refractivity contribution in [3.63, 3.8) is 0 Å². The van der Waals surface area contributed by atoms with E-state index >= 15 is 0 Å². The lowest BCUT2D eigenvalue weighted by Gasteiger charge is -2.42. The Labute approximate surface area is 126 Å². The largest absolute Gasteiger partial charge is 0.301 e. The van der Waals surface area contributed by atoms with Crippen LogP contribution in [-0.4, -0.2) is 34.9 Å². The van der Waals surface area contributed by atoms with Crippen LogP contribution in [-0.2, 0) is 5.54 Å². The maximum absolute atomic E-state index is 12.7. The van der Waals surface area contributed by atoms with E-state index in [1.54, 1.807) is 11.5 Å². The standard InChI is InChI=1S/C17H26N2O2/c1-6-18-9-7-8-17(5,11-18)19-15(14(4)20)12(2)10-13(3)16(19)21/h10H,6-9,11H2,1-5H3. The predicted octanol–water partition coefficient (Wildman–Crippen LogP) is 2.50. The highest BCUT2D eigenvalue weighted by Gasteiger charge is 2.35. The average Bonchev–Trinajstić information content (AvgIpc) is 2.41. The normalized spacial score (nSPS) is 23.3. The van der Waals surface area contributed by atoms with Gasteiger partial charge in [0.25, 0.3) is 5.56 Å². The Morgan fingerprint density at radius 2 is 2.00 bits per heavy atom. The highest BCUT2D eigenvalue weighted by molar-refractivity contribution is 5.94. The second kappa shape index (κ2) is 5.76. The molecule has 0 radical (unpaired) electrons. The van der Waals surface area contributed by atoms with E-state index in [0.717, 1.165) is 38.0 Å². The second-order valence-electron chi connectivity index (χ2n) is 6.52. The molecule has 0 aliphatic carbocycles.